The molecule has 0 radical (unpaired) electrons. The van der Waals surface area contributed by atoms with E-state index in [0.717, 1.165) is 10.5 Å². The molecule has 0 bridgehead atoms. The summed E-state index contributed by atoms with van der Waals surface area (Å²) in [6.07, 6.45) is 1.98. The molecule has 3 aromatic carbocycles. The van der Waals surface area contributed by atoms with Crippen molar-refractivity contribution in [3.63, 3.8) is 0 Å². The standard InChI is InChI=1S/C24H17N3O5S/c1-33-18-9-4-14(5-10-18)22-19-11-8-17(12-21(19)32-23(26)20(22)13-25)31-24(28)15-2-6-16(7-3-15)27(29)30/h2-12,22H,26H2,1H3. The molecule has 0 saturated heterocycles. The van der Waals surface area contributed by atoms with Crippen LogP contribution >= 0.6 is 11.8 Å². The van der Waals surface area contributed by atoms with Crippen LogP contribution in [0.25, 0.3) is 0 Å². The van der Waals surface area contributed by atoms with E-state index in [1.165, 1.54) is 30.3 Å². The molecule has 0 amide bonds. The third kappa shape index (κ3) is 4.37. The number of hydrogen-bond acceptors (Lipinski definition) is 8. The van der Waals surface area contributed by atoms with Crippen molar-refractivity contribution in [1.29, 1.82) is 5.26 Å². The van der Waals surface area contributed by atoms with E-state index in [0.29, 0.717) is 16.9 Å². The lowest BCUT2D eigenvalue weighted by Crippen LogP contribution is -2.21. The number of non-ortho nitro benzene ring substituents is 1. The van der Waals surface area contributed by atoms with Crippen molar-refractivity contribution < 1.29 is 19.2 Å². The van der Waals surface area contributed by atoms with Gasteiger partial charge in [0, 0.05) is 28.7 Å². The number of hydrogen-bond donors (Lipinski definition) is 1. The number of nitrogens with two attached hydrogens (primary N) is 1. The van der Waals surface area contributed by atoms with Crippen LogP contribution in [0.5, 0.6) is 11.5 Å². The average molecular weight is 459 g/mol. The summed E-state index contributed by atoms with van der Waals surface area (Å²) in [4.78, 5) is 23.8. The maximum Gasteiger partial charge on any atom is 0.343 e. The lowest BCUT2D eigenvalue weighted by atomic mass is 9.83. The van der Waals surface area contributed by atoms with Gasteiger partial charge in [-0.05, 0) is 42.2 Å². The summed E-state index contributed by atoms with van der Waals surface area (Å²) in [5, 5.41) is 20.5. The monoisotopic (exact) mass is 459 g/mol. The number of carbonyl (C=O) groups is 1. The Labute approximate surface area is 193 Å². The molecule has 33 heavy (non-hydrogen) atoms. The van der Waals surface area contributed by atoms with E-state index < -0.39 is 16.8 Å². The van der Waals surface area contributed by atoms with Crippen LogP contribution in [0.2, 0.25) is 0 Å². The normalized spacial score (nSPS) is 14.6. The zero-order valence-corrected chi connectivity index (χ0v) is 18.2. The number of rotatable bonds is 5. The SMILES string of the molecule is CSc1ccc(C2C(C#N)=C(N)Oc3cc(OC(=O)c4ccc([N+](=O)[O-])cc4)ccc32)cc1. The van der Waals surface area contributed by atoms with Crippen molar-refractivity contribution in [2.45, 2.75) is 10.8 Å². The highest BCUT2D eigenvalue weighted by Crippen LogP contribution is 2.43. The first kappa shape index (κ1) is 21.9. The van der Waals surface area contributed by atoms with Crippen LogP contribution in [0.1, 0.15) is 27.4 Å². The topological polar surface area (TPSA) is 128 Å². The van der Waals surface area contributed by atoms with Gasteiger partial charge in [-0.2, -0.15) is 5.26 Å². The Morgan fingerprint density at radius 1 is 1.15 bits per heavy atom. The molecule has 8 nitrogen and oxygen atoms in total. The molecule has 1 heterocycles. The summed E-state index contributed by atoms with van der Waals surface area (Å²) in [7, 11) is 0. The van der Waals surface area contributed by atoms with Gasteiger partial charge >= 0.3 is 5.97 Å². The Morgan fingerprint density at radius 2 is 1.85 bits per heavy atom. The minimum Gasteiger partial charge on any atom is -0.440 e. The van der Waals surface area contributed by atoms with Crippen molar-refractivity contribution >= 4 is 23.4 Å². The number of ether oxygens (including phenoxy) is 2. The van der Waals surface area contributed by atoms with E-state index >= 15 is 0 Å². The van der Waals surface area contributed by atoms with Crippen LogP contribution in [-0.4, -0.2) is 17.1 Å². The van der Waals surface area contributed by atoms with Crippen molar-refractivity contribution in [2.75, 3.05) is 6.26 Å². The van der Waals surface area contributed by atoms with E-state index in [2.05, 4.69) is 6.07 Å². The Balaban J connectivity index is 1.64. The first-order valence-corrected chi connectivity index (χ1v) is 11.0. The molecule has 0 saturated carbocycles. The summed E-state index contributed by atoms with van der Waals surface area (Å²) in [5.74, 6) is -0.524. The highest BCUT2D eigenvalue weighted by atomic mass is 32.2. The lowest BCUT2D eigenvalue weighted by Gasteiger charge is -2.26. The molecular weight excluding hydrogens is 442 g/mol. The number of nitrogens with zero attached hydrogens (tertiary/aromatic N) is 2. The van der Waals surface area contributed by atoms with Gasteiger partial charge in [-0.1, -0.05) is 18.2 Å². The van der Waals surface area contributed by atoms with Gasteiger partial charge in [-0.3, -0.25) is 10.1 Å². The van der Waals surface area contributed by atoms with Gasteiger partial charge in [-0.15, -0.1) is 11.8 Å². The third-order valence-electron chi connectivity index (χ3n) is 5.16. The fraction of sp³-hybridized carbons (Fsp3) is 0.0833. The van der Waals surface area contributed by atoms with Gasteiger partial charge in [0.2, 0.25) is 5.88 Å². The van der Waals surface area contributed by atoms with E-state index in [1.54, 1.807) is 23.9 Å². The zero-order chi connectivity index (χ0) is 23.5. The molecule has 1 atom stereocenters. The number of fused-ring (bicyclic) bond motifs is 1. The predicted molar refractivity (Wildman–Crippen MR) is 122 cm³/mol. The second kappa shape index (κ2) is 9.06. The van der Waals surface area contributed by atoms with Gasteiger partial charge in [0.25, 0.3) is 5.69 Å². The van der Waals surface area contributed by atoms with Crippen LogP contribution in [0.4, 0.5) is 5.69 Å². The Kier molecular flexibility index (Phi) is 6.02. The number of benzene rings is 3. The number of carbonyl (C=O) groups excluding carboxylic acids is 1. The largest absolute Gasteiger partial charge is 0.440 e. The van der Waals surface area contributed by atoms with Gasteiger partial charge in [0.1, 0.15) is 23.1 Å². The van der Waals surface area contributed by atoms with Crippen LogP contribution in [0.15, 0.2) is 83.1 Å². The zero-order valence-electron chi connectivity index (χ0n) is 17.3. The first-order chi connectivity index (χ1) is 15.9. The quantitative estimate of drug-likeness (QED) is 0.190. The van der Waals surface area contributed by atoms with Crippen molar-refractivity contribution in [3.05, 3.63) is 105 Å². The van der Waals surface area contributed by atoms with Gasteiger partial charge in [0.15, 0.2) is 0 Å². The highest BCUT2D eigenvalue weighted by molar-refractivity contribution is 7.98. The second-order valence-corrected chi connectivity index (χ2v) is 7.97. The molecule has 0 aromatic heterocycles. The smallest absolute Gasteiger partial charge is 0.343 e. The molecule has 4 rings (SSSR count). The molecule has 1 aliphatic rings. The minimum atomic E-state index is -0.675. The Bertz CT molecular complexity index is 1310. The Morgan fingerprint density at radius 3 is 2.45 bits per heavy atom. The molecule has 1 aliphatic heterocycles. The summed E-state index contributed by atoms with van der Waals surface area (Å²) < 4.78 is 11.1. The van der Waals surface area contributed by atoms with Crippen molar-refractivity contribution in [3.8, 4) is 17.6 Å². The second-order valence-electron chi connectivity index (χ2n) is 7.09. The number of nitriles is 1. The van der Waals surface area contributed by atoms with Gasteiger partial charge in [-0.25, -0.2) is 4.79 Å². The van der Waals surface area contributed by atoms with Crippen LogP contribution in [0.3, 0.4) is 0 Å². The molecule has 0 aliphatic carbocycles. The van der Waals surface area contributed by atoms with Gasteiger partial charge < -0.3 is 15.2 Å². The van der Waals surface area contributed by atoms with Gasteiger partial charge in [0.05, 0.1) is 16.4 Å². The van der Waals surface area contributed by atoms with E-state index in [1.807, 2.05) is 30.5 Å². The fourth-order valence-corrected chi connectivity index (χ4v) is 3.93. The van der Waals surface area contributed by atoms with E-state index in [9.17, 15) is 20.2 Å². The van der Waals surface area contributed by atoms with Crippen LogP contribution < -0.4 is 15.2 Å². The highest BCUT2D eigenvalue weighted by Gasteiger charge is 2.31. The number of allylic oxidation sites excluding steroid dienone is 1. The first-order valence-electron chi connectivity index (χ1n) is 9.73. The van der Waals surface area contributed by atoms with Crippen molar-refractivity contribution in [2.24, 2.45) is 5.73 Å². The molecule has 3 aromatic rings. The van der Waals surface area contributed by atoms with E-state index in [4.69, 9.17) is 15.2 Å². The minimum absolute atomic E-state index is 0.0113. The van der Waals surface area contributed by atoms with Crippen LogP contribution in [-0.2, 0) is 0 Å². The van der Waals surface area contributed by atoms with E-state index in [-0.39, 0.29) is 22.9 Å². The molecule has 9 heteroatoms. The summed E-state index contributed by atoms with van der Waals surface area (Å²) in [6, 6.07) is 19.9. The number of esters is 1. The molecular formula is C24H17N3O5S. The molecule has 1 unspecified atom stereocenters. The molecule has 2 N–H and O–H groups in total. The summed E-state index contributed by atoms with van der Waals surface area (Å²) in [6.45, 7) is 0. The maximum absolute atomic E-state index is 12.5. The predicted octanol–water partition coefficient (Wildman–Crippen LogP) is 4.75. The molecule has 0 fully saturated rings. The molecule has 164 valence electrons. The Hall–Kier alpha value is -4.29. The number of thioether (sulfide) groups is 1. The van der Waals surface area contributed by atoms with Crippen molar-refractivity contribution in [1.82, 2.24) is 0 Å². The number of nitro benzene ring substituents is 1. The number of nitro groups is 1. The van der Waals surface area contributed by atoms with Crippen LogP contribution in [0, 0.1) is 21.4 Å². The molecule has 0 spiro atoms. The third-order valence-corrected chi connectivity index (χ3v) is 5.91. The average Bonchev–Trinajstić information content (AvgIpc) is 2.83. The summed E-state index contributed by atoms with van der Waals surface area (Å²) >= 11 is 1.62. The lowest BCUT2D eigenvalue weighted by molar-refractivity contribution is -0.384. The fourth-order valence-electron chi connectivity index (χ4n) is 3.52. The summed E-state index contributed by atoms with van der Waals surface area (Å²) in [5.41, 5.74) is 7.98. The maximum atomic E-state index is 12.5.